The van der Waals surface area contributed by atoms with Crippen LogP contribution in [0.5, 0.6) is 5.75 Å². The topological polar surface area (TPSA) is 55.8 Å². The van der Waals surface area contributed by atoms with Crippen LogP contribution in [0.3, 0.4) is 0 Å². The molecule has 2 aromatic rings. The Labute approximate surface area is 151 Å². The molecule has 6 heteroatoms. The lowest BCUT2D eigenvalue weighted by Crippen LogP contribution is -2.33. The van der Waals surface area contributed by atoms with E-state index < -0.39 is 5.97 Å². The van der Waals surface area contributed by atoms with Gasteiger partial charge in [-0.05, 0) is 48.7 Å². The van der Waals surface area contributed by atoms with Crippen LogP contribution in [0.2, 0.25) is 5.02 Å². The fourth-order valence-electron chi connectivity index (χ4n) is 2.77. The molecule has 0 bridgehead atoms. The smallest absolute Gasteiger partial charge is 0.344 e. The summed E-state index contributed by atoms with van der Waals surface area (Å²) in [7, 11) is 0. The third-order valence-corrected chi connectivity index (χ3v) is 4.26. The molecule has 0 saturated carbocycles. The summed E-state index contributed by atoms with van der Waals surface area (Å²) in [6, 6.07) is 12.9. The quantitative estimate of drug-likeness (QED) is 0.769. The second kappa shape index (κ2) is 7.57. The van der Waals surface area contributed by atoms with Crippen LogP contribution in [0.1, 0.15) is 11.1 Å². The highest BCUT2D eigenvalue weighted by Crippen LogP contribution is 2.27. The maximum absolute atomic E-state index is 12.3. The Morgan fingerprint density at radius 2 is 1.96 bits per heavy atom. The number of ether oxygens (including phenoxy) is 2. The van der Waals surface area contributed by atoms with Gasteiger partial charge in [0.1, 0.15) is 5.75 Å². The molecule has 5 nitrogen and oxygen atoms in total. The molecule has 0 unspecified atom stereocenters. The molecule has 0 spiro atoms. The first-order valence-corrected chi connectivity index (χ1v) is 8.35. The minimum absolute atomic E-state index is 0.235. The lowest BCUT2D eigenvalue weighted by atomic mass is 10.2. The molecule has 0 atom stereocenters. The van der Waals surface area contributed by atoms with Gasteiger partial charge in [-0.3, -0.25) is 4.79 Å². The number of rotatable bonds is 5. The van der Waals surface area contributed by atoms with Crippen LogP contribution >= 0.6 is 11.6 Å². The molecule has 25 heavy (non-hydrogen) atoms. The Balaban J connectivity index is 1.48. The van der Waals surface area contributed by atoms with Crippen molar-refractivity contribution in [3.8, 4) is 5.75 Å². The molecule has 0 saturated heterocycles. The first-order valence-electron chi connectivity index (χ1n) is 7.97. The number of halogens is 1. The predicted molar refractivity (Wildman–Crippen MR) is 95.1 cm³/mol. The number of aryl methyl sites for hydroxylation is 1. The lowest BCUT2D eigenvalue weighted by Gasteiger charge is -2.17. The van der Waals surface area contributed by atoms with Gasteiger partial charge in [0, 0.05) is 17.3 Å². The zero-order chi connectivity index (χ0) is 17.8. The zero-order valence-electron chi connectivity index (χ0n) is 13.8. The Kier molecular flexibility index (Phi) is 5.24. The summed E-state index contributed by atoms with van der Waals surface area (Å²) >= 11 is 5.87. The van der Waals surface area contributed by atoms with Gasteiger partial charge in [-0.25, -0.2) is 4.79 Å². The number of fused-ring (bicyclic) bond motifs is 1. The second-order valence-electron chi connectivity index (χ2n) is 5.78. The van der Waals surface area contributed by atoms with Crippen molar-refractivity contribution in [2.45, 2.75) is 13.3 Å². The monoisotopic (exact) mass is 359 g/mol. The van der Waals surface area contributed by atoms with E-state index in [1.807, 2.05) is 31.2 Å². The van der Waals surface area contributed by atoms with Gasteiger partial charge >= 0.3 is 5.97 Å². The fraction of sp³-hybridized carbons (Fsp3) is 0.263. The third kappa shape index (κ3) is 4.12. The Bertz CT molecular complexity index is 806. The number of hydrogen-bond acceptors (Lipinski definition) is 4. The second-order valence-corrected chi connectivity index (χ2v) is 6.22. The summed E-state index contributed by atoms with van der Waals surface area (Å²) < 4.78 is 10.4. The molecule has 0 fully saturated rings. The summed E-state index contributed by atoms with van der Waals surface area (Å²) in [6.07, 6.45) is 0.814. The van der Waals surface area contributed by atoms with Crippen molar-refractivity contribution < 1.29 is 19.1 Å². The molecule has 2 aromatic carbocycles. The highest BCUT2D eigenvalue weighted by atomic mass is 35.5. The minimum atomic E-state index is -0.588. The molecular formula is C19H18ClNO4. The summed E-state index contributed by atoms with van der Waals surface area (Å²) in [5, 5.41) is 0.601. The minimum Gasteiger partial charge on any atom is -0.482 e. The van der Waals surface area contributed by atoms with Crippen LogP contribution in [-0.2, 0) is 20.7 Å². The standard InChI is InChI=1S/C19H18ClNO4/c1-13-10-15(20)6-7-17(13)24-12-19(23)25-11-18(22)21-9-8-14-4-2-3-5-16(14)21/h2-7,10H,8-9,11-12H2,1H3. The average Bonchev–Trinajstić information content (AvgIpc) is 3.03. The molecular weight excluding hydrogens is 342 g/mol. The van der Waals surface area contributed by atoms with E-state index in [2.05, 4.69) is 0 Å². The van der Waals surface area contributed by atoms with Crippen LogP contribution in [0.15, 0.2) is 42.5 Å². The largest absolute Gasteiger partial charge is 0.482 e. The highest BCUT2D eigenvalue weighted by Gasteiger charge is 2.24. The van der Waals surface area contributed by atoms with E-state index in [1.54, 1.807) is 23.1 Å². The van der Waals surface area contributed by atoms with Gasteiger partial charge in [0.15, 0.2) is 13.2 Å². The molecule has 0 aromatic heterocycles. The van der Waals surface area contributed by atoms with Crippen molar-refractivity contribution in [3.05, 3.63) is 58.6 Å². The maximum atomic E-state index is 12.3. The van der Waals surface area contributed by atoms with Gasteiger partial charge in [-0.1, -0.05) is 29.8 Å². The highest BCUT2D eigenvalue weighted by molar-refractivity contribution is 6.30. The molecule has 0 radical (unpaired) electrons. The van der Waals surface area contributed by atoms with Crippen molar-refractivity contribution in [1.29, 1.82) is 0 Å². The normalized spacial score (nSPS) is 12.6. The first-order chi connectivity index (χ1) is 12.0. The van der Waals surface area contributed by atoms with Crippen LogP contribution < -0.4 is 9.64 Å². The van der Waals surface area contributed by atoms with Gasteiger partial charge in [0.2, 0.25) is 0 Å². The number of esters is 1. The molecule has 3 rings (SSSR count). The van der Waals surface area contributed by atoms with Crippen LogP contribution in [0, 0.1) is 6.92 Å². The van der Waals surface area contributed by atoms with Crippen LogP contribution in [0.4, 0.5) is 5.69 Å². The number of anilines is 1. The molecule has 1 aliphatic heterocycles. The Hall–Kier alpha value is -2.53. The van der Waals surface area contributed by atoms with Crippen molar-refractivity contribution >= 4 is 29.2 Å². The maximum Gasteiger partial charge on any atom is 0.344 e. The number of amides is 1. The predicted octanol–water partition coefficient (Wildman–Crippen LogP) is 3.16. The van der Waals surface area contributed by atoms with E-state index in [9.17, 15) is 9.59 Å². The molecule has 1 amide bonds. The molecule has 1 aliphatic rings. The van der Waals surface area contributed by atoms with Gasteiger partial charge in [-0.2, -0.15) is 0 Å². The van der Waals surface area contributed by atoms with Crippen LogP contribution in [-0.4, -0.2) is 31.6 Å². The van der Waals surface area contributed by atoms with E-state index in [4.69, 9.17) is 21.1 Å². The van der Waals surface area contributed by atoms with E-state index in [0.29, 0.717) is 17.3 Å². The van der Waals surface area contributed by atoms with E-state index in [1.165, 1.54) is 0 Å². The van der Waals surface area contributed by atoms with E-state index in [-0.39, 0.29) is 19.1 Å². The molecule has 0 N–H and O–H groups in total. The number of hydrogen-bond donors (Lipinski definition) is 0. The Morgan fingerprint density at radius 3 is 2.76 bits per heavy atom. The van der Waals surface area contributed by atoms with Crippen molar-refractivity contribution in [2.75, 3.05) is 24.7 Å². The number of nitrogens with zero attached hydrogens (tertiary/aromatic N) is 1. The van der Waals surface area contributed by atoms with Gasteiger partial charge in [0.25, 0.3) is 5.91 Å². The zero-order valence-corrected chi connectivity index (χ0v) is 14.6. The van der Waals surface area contributed by atoms with Crippen LogP contribution in [0.25, 0.3) is 0 Å². The number of benzene rings is 2. The van der Waals surface area contributed by atoms with Crippen molar-refractivity contribution in [1.82, 2.24) is 0 Å². The van der Waals surface area contributed by atoms with Gasteiger partial charge < -0.3 is 14.4 Å². The summed E-state index contributed by atoms with van der Waals surface area (Å²) in [5.41, 5.74) is 2.84. The van der Waals surface area contributed by atoms with Gasteiger partial charge in [-0.15, -0.1) is 0 Å². The number of carbonyl (C=O) groups excluding carboxylic acids is 2. The Morgan fingerprint density at radius 1 is 1.16 bits per heavy atom. The van der Waals surface area contributed by atoms with E-state index in [0.717, 1.165) is 23.2 Å². The SMILES string of the molecule is Cc1cc(Cl)ccc1OCC(=O)OCC(=O)N1CCc2ccccc21. The summed E-state index contributed by atoms with van der Waals surface area (Å²) in [5.74, 6) is -0.266. The van der Waals surface area contributed by atoms with E-state index >= 15 is 0 Å². The van der Waals surface area contributed by atoms with Crippen molar-refractivity contribution in [3.63, 3.8) is 0 Å². The first kappa shape index (κ1) is 17.3. The fourth-order valence-corrected chi connectivity index (χ4v) is 3.00. The number of carbonyl (C=O) groups is 2. The average molecular weight is 360 g/mol. The summed E-state index contributed by atoms with van der Waals surface area (Å²) in [6.45, 7) is 1.89. The van der Waals surface area contributed by atoms with Gasteiger partial charge in [0.05, 0.1) is 0 Å². The molecule has 130 valence electrons. The lowest BCUT2D eigenvalue weighted by molar-refractivity contribution is -0.149. The third-order valence-electron chi connectivity index (χ3n) is 4.03. The van der Waals surface area contributed by atoms with Crippen molar-refractivity contribution in [2.24, 2.45) is 0 Å². The number of para-hydroxylation sites is 1. The molecule has 1 heterocycles. The summed E-state index contributed by atoms with van der Waals surface area (Å²) in [4.78, 5) is 25.7. The molecule has 0 aliphatic carbocycles.